The van der Waals surface area contributed by atoms with E-state index in [0.717, 1.165) is 13.0 Å². The predicted octanol–water partition coefficient (Wildman–Crippen LogP) is 0.738. The highest BCUT2D eigenvalue weighted by molar-refractivity contribution is 5.73. The fourth-order valence-electron chi connectivity index (χ4n) is 1.46. The monoisotopic (exact) mass is 259 g/mol. The van der Waals surface area contributed by atoms with Gasteiger partial charge >= 0.3 is 12.0 Å². The summed E-state index contributed by atoms with van der Waals surface area (Å²) >= 11 is 0. The van der Waals surface area contributed by atoms with Crippen LogP contribution < -0.4 is 10.6 Å². The summed E-state index contributed by atoms with van der Waals surface area (Å²) in [5.74, 6) is -0.457. The van der Waals surface area contributed by atoms with Crippen molar-refractivity contribution in [2.24, 2.45) is 5.92 Å². The van der Waals surface area contributed by atoms with Crippen molar-refractivity contribution in [3.05, 3.63) is 0 Å². The van der Waals surface area contributed by atoms with Crippen molar-refractivity contribution in [1.29, 1.82) is 0 Å². The third-order valence-electron chi connectivity index (χ3n) is 2.81. The van der Waals surface area contributed by atoms with Crippen LogP contribution in [0.4, 0.5) is 4.79 Å². The molecule has 2 amide bonds. The number of hydrogen-bond donors (Lipinski definition) is 3. The Balaban J connectivity index is 3.63. The fourth-order valence-corrected chi connectivity index (χ4v) is 1.46. The average Bonchev–Trinajstić information content (AvgIpc) is 2.33. The first-order chi connectivity index (χ1) is 8.47. The molecule has 0 aliphatic carbocycles. The van der Waals surface area contributed by atoms with Gasteiger partial charge < -0.3 is 20.6 Å². The number of urea groups is 1. The third-order valence-corrected chi connectivity index (χ3v) is 2.81. The van der Waals surface area contributed by atoms with Crippen molar-refractivity contribution >= 4 is 12.0 Å². The third kappa shape index (κ3) is 8.81. The zero-order valence-electron chi connectivity index (χ0n) is 11.5. The van der Waals surface area contributed by atoms with Gasteiger partial charge in [-0.3, -0.25) is 4.79 Å². The molecule has 0 aromatic rings. The van der Waals surface area contributed by atoms with Crippen LogP contribution in [-0.2, 0) is 4.79 Å². The molecule has 3 N–H and O–H groups in total. The summed E-state index contributed by atoms with van der Waals surface area (Å²) in [6.45, 7) is 4.01. The molecular weight excluding hydrogens is 234 g/mol. The fraction of sp³-hybridized carbons (Fsp3) is 0.833. The van der Waals surface area contributed by atoms with E-state index in [4.69, 9.17) is 5.11 Å². The van der Waals surface area contributed by atoms with Crippen LogP contribution >= 0.6 is 0 Å². The van der Waals surface area contributed by atoms with E-state index in [2.05, 4.69) is 10.6 Å². The molecular formula is C12H25N3O3. The van der Waals surface area contributed by atoms with Gasteiger partial charge in [-0.15, -0.1) is 0 Å². The number of nitrogens with one attached hydrogen (secondary N) is 2. The minimum absolute atomic E-state index is 0.0873. The van der Waals surface area contributed by atoms with Crippen molar-refractivity contribution in [3.8, 4) is 0 Å². The van der Waals surface area contributed by atoms with E-state index in [1.165, 1.54) is 0 Å². The van der Waals surface area contributed by atoms with E-state index in [-0.39, 0.29) is 12.5 Å². The van der Waals surface area contributed by atoms with Gasteiger partial charge in [-0.1, -0.05) is 6.92 Å². The molecule has 0 saturated heterocycles. The van der Waals surface area contributed by atoms with E-state index in [9.17, 15) is 9.59 Å². The number of nitrogens with zero attached hydrogens (tertiary/aromatic N) is 1. The van der Waals surface area contributed by atoms with Crippen LogP contribution in [0, 0.1) is 5.92 Å². The molecule has 1 unspecified atom stereocenters. The lowest BCUT2D eigenvalue weighted by Crippen LogP contribution is -2.40. The lowest BCUT2D eigenvalue weighted by Gasteiger charge is -2.18. The lowest BCUT2D eigenvalue weighted by atomic mass is 10.0. The van der Waals surface area contributed by atoms with Crippen LogP contribution in [0.3, 0.4) is 0 Å². The zero-order chi connectivity index (χ0) is 14.0. The Morgan fingerprint density at radius 2 is 1.94 bits per heavy atom. The second-order valence-electron chi connectivity index (χ2n) is 4.58. The van der Waals surface area contributed by atoms with E-state index in [1.807, 2.05) is 14.0 Å². The maximum Gasteiger partial charge on any atom is 0.317 e. The summed E-state index contributed by atoms with van der Waals surface area (Å²) < 4.78 is 0. The van der Waals surface area contributed by atoms with Crippen molar-refractivity contribution in [2.45, 2.75) is 26.2 Å². The van der Waals surface area contributed by atoms with E-state index in [0.29, 0.717) is 25.4 Å². The quantitative estimate of drug-likeness (QED) is 0.570. The molecule has 0 bridgehead atoms. The Kier molecular flexibility index (Phi) is 9.00. The SMILES string of the molecule is CNCCN(C)C(=O)NCCC(C)CCC(=O)O. The van der Waals surface area contributed by atoms with Gasteiger partial charge in [0.05, 0.1) is 0 Å². The van der Waals surface area contributed by atoms with Gasteiger partial charge in [0, 0.05) is 33.1 Å². The van der Waals surface area contributed by atoms with Crippen molar-refractivity contribution in [1.82, 2.24) is 15.5 Å². The summed E-state index contributed by atoms with van der Waals surface area (Å²) in [6.07, 6.45) is 1.65. The Labute approximate surface area is 109 Å². The number of carboxylic acids is 1. The molecule has 0 aliphatic heterocycles. The number of carbonyl (C=O) groups is 2. The van der Waals surface area contributed by atoms with Crippen LogP contribution in [0.15, 0.2) is 0 Å². The molecule has 0 radical (unpaired) electrons. The number of amides is 2. The van der Waals surface area contributed by atoms with Crippen LogP contribution in [0.2, 0.25) is 0 Å². The average molecular weight is 259 g/mol. The van der Waals surface area contributed by atoms with Gasteiger partial charge in [-0.05, 0) is 25.8 Å². The summed E-state index contributed by atoms with van der Waals surface area (Å²) in [7, 11) is 3.59. The van der Waals surface area contributed by atoms with Gasteiger partial charge in [0.1, 0.15) is 0 Å². The van der Waals surface area contributed by atoms with Crippen LogP contribution in [0.5, 0.6) is 0 Å². The molecule has 0 spiro atoms. The lowest BCUT2D eigenvalue weighted by molar-refractivity contribution is -0.137. The number of hydrogen-bond acceptors (Lipinski definition) is 3. The van der Waals surface area contributed by atoms with Crippen LogP contribution in [0.25, 0.3) is 0 Å². The number of carboxylic acid groups (broad SMARTS) is 1. The van der Waals surface area contributed by atoms with Gasteiger partial charge in [0.15, 0.2) is 0 Å². The maximum atomic E-state index is 11.6. The van der Waals surface area contributed by atoms with Gasteiger partial charge in [-0.25, -0.2) is 4.79 Å². The Morgan fingerprint density at radius 1 is 1.28 bits per heavy atom. The summed E-state index contributed by atoms with van der Waals surface area (Å²) in [4.78, 5) is 23.6. The normalized spacial score (nSPS) is 11.9. The number of rotatable bonds is 9. The van der Waals surface area contributed by atoms with Crippen molar-refractivity contribution < 1.29 is 14.7 Å². The van der Waals surface area contributed by atoms with E-state index < -0.39 is 5.97 Å². The molecule has 0 aromatic heterocycles. The highest BCUT2D eigenvalue weighted by atomic mass is 16.4. The molecule has 0 fully saturated rings. The van der Waals surface area contributed by atoms with Gasteiger partial charge in [-0.2, -0.15) is 0 Å². The van der Waals surface area contributed by atoms with E-state index in [1.54, 1.807) is 11.9 Å². The minimum atomic E-state index is -0.766. The second kappa shape index (κ2) is 9.70. The molecule has 0 heterocycles. The molecule has 0 saturated carbocycles. The molecule has 0 rings (SSSR count). The molecule has 1 atom stereocenters. The topological polar surface area (TPSA) is 81.7 Å². The first-order valence-electron chi connectivity index (χ1n) is 6.32. The largest absolute Gasteiger partial charge is 0.481 e. The molecule has 0 aromatic carbocycles. The zero-order valence-corrected chi connectivity index (χ0v) is 11.5. The maximum absolute atomic E-state index is 11.6. The predicted molar refractivity (Wildman–Crippen MR) is 70.6 cm³/mol. The highest BCUT2D eigenvalue weighted by Crippen LogP contribution is 2.09. The van der Waals surface area contributed by atoms with Crippen LogP contribution in [0.1, 0.15) is 26.2 Å². The van der Waals surface area contributed by atoms with Crippen LogP contribution in [-0.4, -0.2) is 55.7 Å². The summed E-state index contributed by atoms with van der Waals surface area (Å²) in [5.41, 5.74) is 0. The Morgan fingerprint density at radius 3 is 2.50 bits per heavy atom. The first kappa shape index (κ1) is 16.7. The van der Waals surface area contributed by atoms with E-state index >= 15 is 0 Å². The molecule has 6 heteroatoms. The first-order valence-corrected chi connectivity index (χ1v) is 6.32. The molecule has 106 valence electrons. The minimum Gasteiger partial charge on any atom is -0.481 e. The molecule has 6 nitrogen and oxygen atoms in total. The van der Waals surface area contributed by atoms with Gasteiger partial charge in [0.25, 0.3) is 0 Å². The Bertz CT molecular complexity index is 259. The number of carbonyl (C=O) groups excluding carboxylic acids is 1. The van der Waals surface area contributed by atoms with Crippen molar-refractivity contribution in [3.63, 3.8) is 0 Å². The summed E-state index contributed by atoms with van der Waals surface area (Å²) in [5, 5.41) is 14.3. The summed E-state index contributed by atoms with van der Waals surface area (Å²) in [6, 6.07) is -0.0873. The standard InChI is InChI=1S/C12H25N3O3/c1-10(4-5-11(16)17)6-7-14-12(18)15(3)9-8-13-2/h10,13H,4-9H2,1-3H3,(H,14,18)(H,16,17). The Hall–Kier alpha value is -1.30. The number of aliphatic carboxylic acids is 1. The smallest absolute Gasteiger partial charge is 0.317 e. The molecule has 18 heavy (non-hydrogen) atoms. The van der Waals surface area contributed by atoms with Crippen molar-refractivity contribution in [2.75, 3.05) is 33.7 Å². The highest BCUT2D eigenvalue weighted by Gasteiger charge is 2.09. The molecule has 0 aliphatic rings. The second-order valence-corrected chi connectivity index (χ2v) is 4.58. The number of likely N-dealkylation sites (N-methyl/N-ethyl adjacent to an activating group) is 2. The van der Waals surface area contributed by atoms with Gasteiger partial charge in [0.2, 0.25) is 0 Å².